The van der Waals surface area contributed by atoms with Gasteiger partial charge in [-0.25, -0.2) is 13.2 Å². The number of hydrogen-bond donors (Lipinski definition) is 1. The van der Waals surface area contributed by atoms with Crippen LogP contribution < -0.4 is 5.73 Å². The zero-order valence-corrected chi connectivity index (χ0v) is 12.0. The van der Waals surface area contributed by atoms with Crippen LogP contribution in [0.5, 0.6) is 0 Å². The van der Waals surface area contributed by atoms with Gasteiger partial charge >= 0.3 is 0 Å². The molecule has 0 aromatic heterocycles. The Morgan fingerprint density at radius 2 is 1.53 bits per heavy atom. The van der Waals surface area contributed by atoms with Gasteiger partial charge in [-0.1, -0.05) is 12.1 Å². The minimum absolute atomic E-state index is 0.278. The fourth-order valence-electron chi connectivity index (χ4n) is 1.88. The first-order valence-corrected chi connectivity index (χ1v) is 6.69. The minimum Gasteiger partial charge on any atom is -0.323 e. The van der Waals surface area contributed by atoms with E-state index >= 15 is 0 Å². The number of rotatable bonds is 3. The van der Waals surface area contributed by atoms with Crippen LogP contribution in [-0.4, -0.2) is 0 Å². The third-order valence-corrected chi connectivity index (χ3v) is 3.50. The van der Waals surface area contributed by atoms with Crippen LogP contribution in [0.25, 0.3) is 0 Å². The Hall–Kier alpha value is -1.08. The molecule has 0 fully saturated rings. The van der Waals surface area contributed by atoms with E-state index in [0.29, 0.717) is 12.1 Å². The molecule has 2 aromatic carbocycles. The Bertz CT molecular complexity index is 561. The van der Waals surface area contributed by atoms with Crippen molar-refractivity contribution in [3.05, 3.63) is 68.5 Å². The number of hydrogen-bond acceptors (Lipinski definition) is 1. The average Bonchev–Trinajstić information content (AvgIpc) is 2.30. The second kappa shape index (κ2) is 5.92. The van der Waals surface area contributed by atoms with Crippen molar-refractivity contribution in [3.63, 3.8) is 0 Å². The normalized spacial score (nSPS) is 12.5. The van der Waals surface area contributed by atoms with Gasteiger partial charge < -0.3 is 5.73 Å². The molecule has 1 unspecified atom stereocenters. The molecule has 0 spiro atoms. The van der Waals surface area contributed by atoms with Crippen LogP contribution in [0, 0.1) is 21.0 Å². The SMILES string of the molecule is NC(Cc1ccc(I)cc1)c1c(F)cc(F)cc1F. The summed E-state index contributed by atoms with van der Waals surface area (Å²) in [5.74, 6) is -2.84. The van der Waals surface area contributed by atoms with Crippen LogP contribution in [0.2, 0.25) is 0 Å². The maximum atomic E-state index is 13.6. The summed E-state index contributed by atoms with van der Waals surface area (Å²) in [7, 11) is 0. The monoisotopic (exact) mass is 377 g/mol. The van der Waals surface area contributed by atoms with Gasteiger partial charge in [-0.05, 0) is 46.7 Å². The predicted molar refractivity (Wildman–Crippen MR) is 76.1 cm³/mol. The van der Waals surface area contributed by atoms with Crippen LogP contribution in [0.1, 0.15) is 17.2 Å². The summed E-state index contributed by atoms with van der Waals surface area (Å²) in [5, 5.41) is 0. The zero-order valence-electron chi connectivity index (χ0n) is 9.84. The summed E-state index contributed by atoms with van der Waals surface area (Å²) >= 11 is 2.16. The molecule has 100 valence electrons. The maximum absolute atomic E-state index is 13.6. The highest BCUT2D eigenvalue weighted by molar-refractivity contribution is 14.1. The smallest absolute Gasteiger partial charge is 0.133 e. The van der Waals surface area contributed by atoms with Crippen molar-refractivity contribution in [1.82, 2.24) is 0 Å². The van der Waals surface area contributed by atoms with Crippen molar-refractivity contribution in [1.29, 1.82) is 0 Å². The lowest BCUT2D eigenvalue weighted by Gasteiger charge is -2.14. The van der Waals surface area contributed by atoms with Gasteiger partial charge in [0, 0.05) is 27.3 Å². The largest absolute Gasteiger partial charge is 0.323 e. The molecule has 0 saturated carbocycles. The molecular formula is C14H11F3IN. The molecule has 0 bridgehead atoms. The van der Waals surface area contributed by atoms with Crippen LogP contribution in [-0.2, 0) is 6.42 Å². The summed E-state index contributed by atoms with van der Waals surface area (Å²) in [6, 6.07) is 7.92. The van der Waals surface area contributed by atoms with Gasteiger partial charge in [0.1, 0.15) is 17.5 Å². The van der Waals surface area contributed by atoms with Crippen molar-refractivity contribution < 1.29 is 13.2 Å². The van der Waals surface area contributed by atoms with Gasteiger partial charge in [-0.2, -0.15) is 0 Å². The van der Waals surface area contributed by atoms with Crippen LogP contribution in [0.4, 0.5) is 13.2 Å². The fraction of sp³-hybridized carbons (Fsp3) is 0.143. The predicted octanol–water partition coefficient (Wildman–Crippen LogP) is 3.95. The summed E-state index contributed by atoms with van der Waals surface area (Å²) in [6.45, 7) is 0. The lowest BCUT2D eigenvalue weighted by Crippen LogP contribution is -2.17. The first-order chi connectivity index (χ1) is 8.97. The van der Waals surface area contributed by atoms with Crippen molar-refractivity contribution in [2.24, 2.45) is 5.73 Å². The fourth-order valence-corrected chi connectivity index (χ4v) is 2.24. The van der Waals surface area contributed by atoms with Gasteiger partial charge in [0.05, 0.1) is 0 Å². The Kier molecular flexibility index (Phi) is 4.46. The molecule has 0 aliphatic carbocycles. The van der Waals surface area contributed by atoms with E-state index in [0.717, 1.165) is 9.13 Å². The van der Waals surface area contributed by atoms with Crippen molar-refractivity contribution in [2.75, 3.05) is 0 Å². The molecule has 1 atom stereocenters. The Morgan fingerprint density at radius 1 is 1.00 bits per heavy atom. The molecule has 1 nitrogen and oxygen atoms in total. The molecule has 2 aromatic rings. The molecule has 0 radical (unpaired) electrons. The van der Waals surface area contributed by atoms with E-state index in [1.165, 1.54) is 0 Å². The van der Waals surface area contributed by atoms with Gasteiger partial charge in [0.25, 0.3) is 0 Å². The summed E-state index contributed by atoms with van der Waals surface area (Å²) in [4.78, 5) is 0. The van der Waals surface area contributed by atoms with Gasteiger partial charge in [0.15, 0.2) is 0 Å². The van der Waals surface area contributed by atoms with Crippen LogP contribution >= 0.6 is 22.6 Å². The highest BCUT2D eigenvalue weighted by Gasteiger charge is 2.18. The quantitative estimate of drug-likeness (QED) is 0.806. The second-order valence-electron chi connectivity index (χ2n) is 4.22. The molecular weight excluding hydrogens is 366 g/mol. The molecule has 19 heavy (non-hydrogen) atoms. The molecule has 2 N–H and O–H groups in total. The third-order valence-electron chi connectivity index (χ3n) is 2.78. The lowest BCUT2D eigenvalue weighted by molar-refractivity contribution is 0.501. The van der Waals surface area contributed by atoms with E-state index in [-0.39, 0.29) is 12.0 Å². The van der Waals surface area contributed by atoms with Gasteiger partial charge in [0.2, 0.25) is 0 Å². The van der Waals surface area contributed by atoms with E-state index in [9.17, 15) is 13.2 Å². The molecule has 0 amide bonds. The van der Waals surface area contributed by atoms with E-state index < -0.39 is 23.5 Å². The molecule has 5 heteroatoms. The van der Waals surface area contributed by atoms with Crippen LogP contribution in [0.15, 0.2) is 36.4 Å². The van der Waals surface area contributed by atoms with Gasteiger partial charge in [-0.3, -0.25) is 0 Å². The number of halogens is 4. The zero-order chi connectivity index (χ0) is 14.0. The molecule has 0 aliphatic rings. The van der Waals surface area contributed by atoms with E-state index in [2.05, 4.69) is 22.6 Å². The van der Waals surface area contributed by atoms with Crippen molar-refractivity contribution in [3.8, 4) is 0 Å². The molecule has 0 heterocycles. The second-order valence-corrected chi connectivity index (χ2v) is 5.47. The first kappa shape index (κ1) is 14.3. The first-order valence-electron chi connectivity index (χ1n) is 5.62. The van der Waals surface area contributed by atoms with E-state index in [1.807, 2.05) is 24.3 Å². The summed E-state index contributed by atoms with van der Waals surface area (Å²) < 4.78 is 41.0. The van der Waals surface area contributed by atoms with E-state index in [4.69, 9.17) is 5.73 Å². The number of benzene rings is 2. The molecule has 0 saturated heterocycles. The lowest BCUT2D eigenvalue weighted by atomic mass is 9.98. The van der Waals surface area contributed by atoms with Gasteiger partial charge in [-0.15, -0.1) is 0 Å². The van der Waals surface area contributed by atoms with E-state index in [1.54, 1.807) is 0 Å². The molecule has 2 rings (SSSR count). The minimum atomic E-state index is -0.949. The Balaban J connectivity index is 2.25. The third kappa shape index (κ3) is 3.48. The van der Waals surface area contributed by atoms with Crippen molar-refractivity contribution >= 4 is 22.6 Å². The standard InChI is InChI=1S/C14H11F3IN/c15-9-6-11(16)14(12(17)7-9)13(19)5-8-1-3-10(18)4-2-8/h1-4,6-7,13H,5,19H2. The molecule has 0 aliphatic heterocycles. The Labute approximate surface area is 122 Å². The van der Waals surface area contributed by atoms with Crippen molar-refractivity contribution in [2.45, 2.75) is 12.5 Å². The summed E-state index contributed by atoms with van der Waals surface area (Å²) in [6.07, 6.45) is 0.288. The average molecular weight is 377 g/mol. The van der Waals surface area contributed by atoms with Crippen LogP contribution in [0.3, 0.4) is 0 Å². The highest BCUT2D eigenvalue weighted by Crippen LogP contribution is 2.23. The maximum Gasteiger partial charge on any atom is 0.133 e. The highest BCUT2D eigenvalue weighted by atomic mass is 127. The topological polar surface area (TPSA) is 26.0 Å². The number of nitrogens with two attached hydrogens (primary N) is 1. The summed E-state index contributed by atoms with van der Waals surface area (Å²) in [5.41, 5.74) is 6.41. The Morgan fingerprint density at radius 3 is 2.05 bits per heavy atom.